The molecule has 21 heavy (non-hydrogen) atoms. The van der Waals surface area contributed by atoms with Crippen molar-refractivity contribution in [1.29, 1.82) is 0 Å². The van der Waals surface area contributed by atoms with Gasteiger partial charge in [0.2, 0.25) is 0 Å². The van der Waals surface area contributed by atoms with Gasteiger partial charge in [-0.3, -0.25) is 0 Å². The van der Waals surface area contributed by atoms with E-state index in [1.165, 1.54) is 0 Å². The zero-order valence-electron chi connectivity index (χ0n) is 15.0. The topological polar surface area (TPSA) is 41.6 Å². The molecule has 1 N–H and O–H groups in total. The third-order valence-corrected chi connectivity index (χ3v) is 3.69. The van der Waals surface area contributed by atoms with Crippen LogP contribution in [0.15, 0.2) is 0 Å². The molecule has 0 aromatic carbocycles. The molecule has 2 unspecified atom stereocenters. The number of nitrogens with zero attached hydrogens (tertiary/aromatic N) is 1. The summed E-state index contributed by atoms with van der Waals surface area (Å²) < 4.78 is 5.52. The lowest BCUT2D eigenvalue weighted by Gasteiger charge is -2.39. The highest BCUT2D eigenvalue weighted by Crippen LogP contribution is 2.23. The Morgan fingerprint density at radius 1 is 1.19 bits per heavy atom. The summed E-state index contributed by atoms with van der Waals surface area (Å²) in [5, 5.41) is 3.62. The fourth-order valence-electron chi connectivity index (χ4n) is 2.57. The molecule has 0 spiro atoms. The molecule has 1 amide bonds. The van der Waals surface area contributed by atoms with Crippen molar-refractivity contribution in [2.24, 2.45) is 11.3 Å². The van der Waals surface area contributed by atoms with Crippen molar-refractivity contribution < 1.29 is 9.53 Å². The Kier molecular flexibility index (Phi) is 6.09. The first-order chi connectivity index (χ1) is 9.50. The number of rotatable bonds is 3. The van der Waals surface area contributed by atoms with Crippen molar-refractivity contribution in [2.45, 2.75) is 73.0 Å². The highest BCUT2D eigenvalue weighted by molar-refractivity contribution is 5.68. The lowest BCUT2D eigenvalue weighted by atomic mass is 9.90. The number of nitrogens with one attached hydrogen (secondary N) is 1. The van der Waals surface area contributed by atoms with Gasteiger partial charge < -0.3 is 15.0 Å². The molecule has 0 aromatic rings. The van der Waals surface area contributed by atoms with E-state index in [9.17, 15) is 4.79 Å². The van der Waals surface area contributed by atoms with Crippen molar-refractivity contribution >= 4 is 6.09 Å². The number of piperidine rings is 1. The maximum atomic E-state index is 12.3. The van der Waals surface area contributed by atoms with Gasteiger partial charge in [0, 0.05) is 25.7 Å². The number of carbonyl (C=O) groups is 1. The van der Waals surface area contributed by atoms with Gasteiger partial charge in [-0.05, 0) is 38.5 Å². The average molecular weight is 298 g/mol. The fraction of sp³-hybridized carbons (Fsp3) is 0.941. The van der Waals surface area contributed by atoms with E-state index in [1.54, 1.807) is 0 Å². The quantitative estimate of drug-likeness (QED) is 0.864. The van der Waals surface area contributed by atoms with Crippen molar-refractivity contribution in [3.8, 4) is 0 Å². The SMILES string of the molecule is CCC1CC(NCC(C)(C)C)CN(C(=O)OC(C)(C)C)C1. The van der Waals surface area contributed by atoms with Crippen LogP contribution in [0.5, 0.6) is 0 Å². The van der Waals surface area contributed by atoms with Crippen LogP contribution in [0.3, 0.4) is 0 Å². The summed E-state index contributed by atoms with van der Waals surface area (Å²) in [5.74, 6) is 0.559. The van der Waals surface area contributed by atoms with Crippen LogP contribution in [0.25, 0.3) is 0 Å². The standard InChI is InChI=1S/C17H34N2O2/c1-8-13-9-14(18-12-16(2,3)4)11-19(10-13)15(20)21-17(5,6)7/h13-14,18H,8-12H2,1-7H3. The molecule has 1 saturated heterocycles. The van der Waals surface area contributed by atoms with E-state index in [-0.39, 0.29) is 11.5 Å². The average Bonchev–Trinajstić information content (AvgIpc) is 2.33. The number of amides is 1. The molecule has 0 bridgehead atoms. The van der Waals surface area contributed by atoms with Crippen LogP contribution in [0, 0.1) is 11.3 Å². The summed E-state index contributed by atoms with van der Waals surface area (Å²) in [5.41, 5.74) is -0.166. The van der Waals surface area contributed by atoms with E-state index < -0.39 is 5.60 Å². The Morgan fingerprint density at radius 3 is 2.29 bits per heavy atom. The summed E-state index contributed by atoms with van der Waals surface area (Å²) in [4.78, 5) is 14.2. The van der Waals surface area contributed by atoms with Gasteiger partial charge in [0.05, 0.1) is 0 Å². The molecule has 1 rings (SSSR count). The van der Waals surface area contributed by atoms with Gasteiger partial charge in [-0.2, -0.15) is 0 Å². The molecule has 1 fully saturated rings. The summed E-state index contributed by atoms with van der Waals surface area (Å²) >= 11 is 0. The zero-order chi connectivity index (χ0) is 16.3. The number of ether oxygens (including phenoxy) is 1. The number of hydrogen-bond donors (Lipinski definition) is 1. The Balaban J connectivity index is 2.62. The number of hydrogen-bond acceptors (Lipinski definition) is 3. The molecule has 124 valence electrons. The maximum Gasteiger partial charge on any atom is 0.410 e. The molecule has 0 saturated carbocycles. The molecule has 1 aliphatic heterocycles. The van der Waals surface area contributed by atoms with Crippen molar-refractivity contribution in [2.75, 3.05) is 19.6 Å². The van der Waals surface area contributed by atoms with Gasteiger partial charge in [0.15, 0.2) is 0 Å². The molecule has 4 heteroatoms. The van der Waals surface area contributed by atoms with Crippen LogP contribution in [-0.2, 0) is 4.74 Å². The second-order valence-corrected chi connectivity index (χ2v) is 8.53. The third-order valence-electron chi connectivity index (χ3n) is 3.69. The lowest BCUT2D eigenvalue weighted by Crippen LogP contribution is -2.53. The molecular formula is C17H34N2O2. The fourth-order valence-corrected chi connectivity index (χ4v) is 2.57. The van der Waals surface area contributed by atoms with Crippen LogP contribution in [0.4, 0.5) is 4.79 Å². The molecule has 1 heterocycles. The van der Waals surface area contributed by atoms with Crippen LogP contribution in [0.1, 0.15) is 61.3 Å². The monoisotopic (exact) mass is 298 g/mol. The first-order valence-electron chi connectivity index (χ1n) is 8.21. The molecule has 0 aliphatic carbocycles. The molecular weight excluding hydrogens is 264 g/mol. The lowest BCUT2D eigenvalue weighted by molar-refractivity contribution is 0.0121. The summed E-state index contributed by atoms with van der Waals surface area (Å²) in [6, 6.07) is 0.371. The van der Waals surface area contributed by atoms with Gasteiger partial charge in [0.1, 0.15) is 5.60 Å². The third kappa shape index (κ3) is 7.16. The Hall–Kier alpha value is -0.770. The normalized spacial score (nSPS) is 24.0. The first kappa shape index (κ1) is 18.3. The second kappa shape index (κ2) is 6.99. The Bertz CT molecular complexity index is 342. The minimum atomic E-state index is -0.426. The van der Waals surface area contributed by atoms with Crippen molar-refractivity contribution in [1.82, 2.24) is 10.2 Å². The van der Waals surface area contributed by atoms with Crippen LogP contribution in [0.2, 0.25) is 0 Å². The summed E-state index contributed by atoms with van der Waals surface area (Å²) in [6.45, 7) is 17.2. The summed E-state index contributed by atoms with van der Waals surface area (Å²) in [7, 11) is 0. The van der Waals surface area contributed by atoms with E-state index in [1.807, 2.05) is 25.7 Å². The van der Waals surface area contributed by atoms with E-state index in [0.29, 0.717) is 12.0 Å². The van der Waals surface area contributed by atoms with Crippen LogP contribution < -0.4 is 5.32 Å². The minimum Gasteiger partial charge on any atom is -0.444 e. The predicted molar refractivity (Wildman–Crippen MR) is 87.5 cm³/mol. The predicted octanol–water partition coefficient (Wildman–Crippen LogP) is 3.66. The molecule has 0 aromatic heterocycles. The van der Waals surface area contributed by atoms with Crippen LogP contribution >= 0.6 is 0 Å². The maximum absolute atomic E-state index is 12.3. The Morgan fingerprint density at radius 2 is 1.81 bits per heavy atom. The van der Waals surface area contributed by atoms with Crippen molar-refractivity contribution in [3.05, 3.63) is 0 Å². The van der Waals surface area contributed by atoms with Gasteiger partial charge in [-0.25, -0.2) is 4.79 Å². The highest BCUT2D eigenvalue weighted by atomic mass is 16.6. The zero-order valence-corrected chi connectivity index (χ0v) is 15.0. The molecule has 0 radical (unpaired) electrons. The van der Waals surface area contributed by atoms with Gasteiger partial charge in [0.25, 0.3) is 0 Å². The van der Waals surface area contributed by atoms with E-state index in [2.05, 4.69) is 33.0 Å². The first-order valence-corrected chi connectivity index (χ1v) is 8.21. The van der Waals surface area contributed by atoms with E-state index in [0.717, 1.165) is 32.5 Å². The smallest absolute Gasteiger partial charge is 0.410 e. The highest BCUT2D eigenvalue weighted by Gasteiger charge is 2.32. The minimum absolute atomic E-state index is 0.178. The Labute approximate surface area is 130 Å². The van der Waals surface area contributed by atoms with E-state index in [4.69, 9.17) is 4.74 Å². The van der Waals surface area contributed by atoms with Crippen LogP contribution in [-0.4, -0.2) is 42.3 Å². The van der Waals surface area contributed by atoms with Gasteiger partial charge >= 0.3 is 6.09 Å². The van der Waals surface area contributed by atoms with E-state index >= 15 is 0 Å². The summed E-state index contributed by atoms with van der Waals surface area (Å²) in [6.07, 6.45) is 2.07. The molecule has 2 atom stereocenters. The molecule has 4 nitrogen and oxygen atoms in total. The van der Waals surface area contributed by atoms with Crippen molar-refractivity contribution in [3.63, 3.8) is 0 Å². The number of carbonyl (C=O) groups excluding carboxylic acids is 1. The largest absolute Gasteiger partial charge is 0.444 e. The second-order valence-electron chi connectivity index (χ2n) is 8.53. The van der Waals surface area contributed by atoms with Gasteiger partial charge in [-0.1, -0.05) is 34.1 Å². The van der Waals surface area contributed by atoms with Gasteiger partial charge in [-0.15, -0.1) is 0 Å². The molecule has 1 aliphatic rings. The number of likely N-dealkylation sites (tertiary alicyclic amines) is 1.